The summed E-state index contributed by atoms with van der Waals surface area (Å²) in [6, 6.07) is 0. The van der Waals surface area contributed by atoms with Crippen LogP contribution in [0.15, 0.2) is 12.2 Å². The Morgan fingerprint density at radius 2 is 2.06 bits per heavy atom. The van der Waals surface area contributed by atoms with E-state index >= 15 is 0 Å². The number of hydrogen-bond acceptors (Lipinski definition) is 2. The molecular weight excluding hydrogens is 198 g/mol. The fourth-order valence-corrected chi connectivity index (χ4v) is 1.69. The first-order valence-electron chi connectivity index (χ1n) is 6.47. The van der Waals surface area contributed by atoms with Crippen molar-refractivity contribution in [1.82, 2.24) is 5.32 Å². The van der Waals surface area contributed by atoms with Gasteiger partial charge >= 0.3 is 0 Å². The van der Waals surface area contributed by atoms with E-state index in [0.29, 0.717) is 6.61 Å². The molecule has 1 aliphatic carbocycles. The smallest absolute Gasteiger partial charge is 0.0686 e. The molecule has 2 heteroatoms. The molecule has 1 N–H and O–H groups in total. The molecule has 0 atom stereocenters. The van der Waals surface area contributed by atoms with Crippen LogP contribution >= 0.6 is 0 Å². The van der Waals surface area contributed by atoms with Gasteiger partial charge in [-0.1, -0.05) is 25.8 Å². The molecule has 0 aromatic carbocycles. The summed E-state index contributed by atoms with van der Waals surface area (Å²) in [7, 11) is 0. The van der Waals surface area contributed by atoms with Crippen LogP contribution in [0.2, 0.25) is 0 Å². The van der Waals surface area contributed by atoms with Gasteiger partial charge in [0, 0.05) is 18.7 Å². The molecule has 0 bridgehead atoms. The summed E-state index contributed by atoms with van der Waals surface area (Å²) < 4.78 is 5.63. The standard InChI is InChI=1S/C14H27NO/c1-12(10-15-14(2,3)4)11-16-9-8-13-6-5-7-13/h13,15H,1,5-11H2,2-4H3. The van der Waals surface area contributed by atoms with Crippen LogP contribution in [0.1, 0.15) is 46.5 Å². The quantitative estimate of drug-likeness (QED) is 0.531. The van der Waals surface area contributed by atoms with Crippen molar-refractivity contribution in [2.45, 2.75) is 52.0 Å². The van der Waals surface area contributed by atoms with E-state index in [4.69, 9.17) is 4.74 Å². The molecule has 0 amide bonds. The summed E-state index contributed by atoms with van der Waals surface area (Å²) in [5.41, 5.74) is 1.30. The van der Waals surface area contributed by atoms with Gasteiger partial charge in [-0.2, -0.15) is 0 Å². The Kier molecular flexibility index (Phi) is 5.50. The maximum Gasteiger partial charge on any atom is 0.0686 e. The van der Waals surface area contributed by atoms with Crippen LogP contribution in [0, 0.1) is 5.92 Å². The summed E-state index contributed by atoms with van der Waals surface area (Å²) in [4.78, 5) is 0. The molecule has 16 heavy (non-hydrogen) atoms. The molecule has 0 aromatic rings. The van der Waals surface area contributed by atoms with Gasteiger partial charge in [-0.25, -0.2) is 0 Å². The van der Waals surface area contributed by atoms with E-state index in [1.54, 1.807) is 0 Å². The minimum atomic E-state index is 0.162. The van der Waals surface area contributed by atoms with Crippen molar-refractivity contribution in [3.63, 3.8) is 0 Å². The van der Waals surface area contributed by atoms with Gasteiger partial charge in [0.25, 0.3) is 0 Å². The third-order valence-corrected chi connectivity index (χ3v) is 3.07. The molecule has 0 radical (unpaired) electrons. The fourth-order valence-electron chi connectivity index (χ4n) is 1.69. The van der Waals surface area contributed by atoms with Crippen molar-refractivity contribution in [2.24, 2.45) is 5.92 Å². The highest BCUT2D eigenvalue weighted by Crippen LogP contribution is 2.29. The lowest BCUT2D eigenvalue weighted by atomic mass is 9.83. The highest BCUT2D eigenvalue weighted by molar-refractivity contribution is 4.98. The average Bonchev–Trinajstić information content (AvgIpc) is 2.10. The van der Waals surface area contributed by atoms with Crippen LogP contribution in [-0.4, -0.2) is 25.3 Å². The lowest BCUT2D eigenvalue weighted by Gasteiger charge is -2.25. The highest BCUT2D eigenvalue weighted by Gasteiger charge is 2.16. The average molecular weight is 225 g/mol. The Balaban J connectivity index is 1.93. The minimum Gasteiger partial charge on any atom is -0.377 e. The topological polar surface area (TPSA) is 21.3 Å². The van der Waals surface area contributed by atoms with Crippen LogP contribution in [0.5, 0.6) is 0 Å². The molecule has 94 valence electrons. The van der Waals surface area contributed by atoms with Gasteiger partial charge in [-0.05, 0) is 38.7 Å². The highest BCUT2D eigenvalue weighted by atomic mass is 16.5. The zero-order valence-corrected chi connectivity index (χ0v) is 11.1. The van der Waals surface area contributed by atoms with Crippen molar-refractivity contribution in [3.05, 3.63) is 12.2 Å². The van der Waals surface area contributed by atoms with Crippen molar-refractivity contribution in [3.8, 4) is 0 Å². The number of nitrogens with one attached hydrogen (secondary N) is 1. The monoisotopic (exact) mass is 225 g/mol. The summed E-state index contributed by atoms with van der Waals surface area (Å²) in [5.74, 6) is 0.945. The SMILES string of the molecule is C=C(CNC(C)(C)C)COCCC1CCC1. The molecular formula is C14H27NO. The van der Waals surface area contributed by atoms with Crippen molar-refractivity contribution >= 4 is 0 Å². The Hall–Kier alpha value is -0.340. The number of ether oxygens (including phenoxy) is 1. The van der Waals surface area contributed by atoms with E-state index in [0.717, 1.165) is 24.6 Å². The third kappa shape index (κ3) is 6.29. The Morgan fingerprint density at radius 3 is 2.56 bits per heavy atom. The molecule has 0 aliphatic heterocycles. The maximum absolute atomic E-state index is 5.63. The van der Waals surface area contributed by atoms with Crippen LogP contribution in [0.4, 0.5) is 0 Å². The molecule has 0 spiro atoms. The molecule has 1 fully saturated rings. The van der Waals surface area contributed by atoms with E-state index in [9.17, 15) is 0 Å². The maximum atomic E-state index is 5.63. The van der Waals surface area contributed by atoms with E-state index < -0.39 is 0 Å². The van der Waals surface area contributed by atoms with Gasteiger partial charge in [0.15, 0.2) is 0 Å². The molecule has 1 rings (SSSR count). The van der Waals surface area contributed by atoms with E-state index in [1.165, 1.54) is 25.7 Å². The molecule has 1 saturated carbocycles. The van der Waals surface area contributed by atoms with Gasteiger partial charge in [-0.3, -0.25) is 0 Å². The van der Waals surface area contributed by atoms with Crippen molar-refractivity contribution < 1.29 is 4.74 Å². The second-order valence-electron chi connectivity index (χ2n) is 5.99. The van der Waals surface area contributed by atoms with Gasteiger partial charge in [0.1, 0.15) is 0 Å². The summed E-state index contributed by atoms with van der Waals surface area (Å²) in [6.45, 7) is 13.0. The summed E-state index contributed by atoms with van der Waals surface area (Å²) >= 11 is 0. The van der Waals surface area contributed by atoms with E-state index in [-0.39, 0.29) is 5.54 Å². The second kappa shape index (κ2) is 6.41. The zero-order valence-electron chi connectivity index (χ0n) is 11.1. The summed E-state index contributed by atoms with van der Waals surface area (Å²) in [6.07, 6.45) is 5.48. The zero-order chi connectivity index (χ0) is 12.0. The van der Waals surface area contributed by atoms with Crippen molar-refractivity contribution in [1.29, 1.82) is 0 Å². The Bertz CT molecular complexity index is 213. The minimum absolute atomic E-state index is 0.162. The Labute approximate surface area is 100 Å². The van der Waals surface area contributed by atoms with Gasteiger partial charge in [0.2, 0.25) is 0 Å². The van der Waals surface area contributed by atoms with Crippen molar-refractivity contribution in [2.75, 3.05) is 19.8 Å². The Morgan fingerprint density at radius 1 is 1.38 bits per heavy atom. The first-order valence-corrected chi connectivity index (χ1v) is 6.47. The van der Waals surface area contributed by atoms with Gasteiger partial charge in [0.05, 0.1) is 6.61 Å². The van der Waals surface area contributed by atoms with Crippen LogP contribution in [-0.2, 0) is 4.74 Å². The first-order chi connectivity index (χ1) is 7.47. The van der Waals surface area contributed by atoms with Gasteiger partial charge < -0.3 is 10.1 Å². The lowest BCUT2D eigenvalue weighted by molar-refractivity contribution is 0.122. The molecule has 1 aliphatic rings. The molecule has 0 saturated heterocycles. The van der Waals surface area contributed by atoms with Crippen LogP contribution < -0.4 is 5.32 Å². The predicted molar refractivity (Wildman–Crippen MR) is 69.7 cm³/mol. The normalized spacial score (nSPS) is 17.2. The predicted octanol–water partition coefficient (Wildman–Crippen LogP) is 3.14. The first kappa shape index (κ1) is 13.7. The largest absolute Gasteiger partial charge is 0.377 e. The third-order valence-electron chi connectivity index (χ3n) is 3.07. The molecule has 0 aromatic heterocycles. The van der Waals surface area contributed by atoms with Crippen LogP contribution in [0.25, 0.3) is 0 Å². The molecule has 0 unspecified atom stereocenters. The number of hydrogen-bond donors (Lipinski definition) is 1. The second-order valence-corrected chi connectivity index (χ2v) is 5.99. The van der Waals surface area contributed by atoms with Gasteiger partial charge in [-0.15, -0.1) is 0 Å². The molecule has 0 heterocycles. The van der Waals surface area contributed by atoms with E-state index in [1.807, 2.05) is 0 Å². The lowest BCUT2D eigenvalue weighted by Crippen LogP contribution is -2.37. The van der Waals surface area contributed by atoms with E-state index in [2.05, 4.69) is 32.7 Å². The fraction of sp³-hybridized carbons (Fsp3) is 0.857. The summed E-state index contributed by atoms with van der Waals surface area (Å²) in [5, 5.41) is 3.41. The molecule has 2 nitrogen and oxygen atoms in total. The van der Waals surface area contributed by atoms with Crippen LogP contribution in [0.3, 0.4) is 0 Å². The number of rotatable bonds is 7.